The standard InChI is InChI=1S/C28H44N2O2/c1-3-4-13-28(2,32)14-8-10-25-26-19-23(18-24(26)20-27(25)31)9-6-5-7-15-30-21-22-11-16-29-17-12-22/h8,10-12,16-18,24-27,30-32H,3-7,9,13-15,19-21H2,1-2H3/t24-,25+,26-,27+,28+/m0/s1. The molecule has 0 bridgehead atoms. The van der Waals surface area contributed by atoms with E-state index in [1.54, 1.807) is 5.57 Å². The molecule has 0 aromatic carbocycles. The molecule has 0 saturated heterocycles. The van der Waals surface area contributed by atoms with E-state index in [2.05, 4.69) is 47.6 Å². The van der Waals surface area contributed by atoms with Gasteiger partial charge in [0, 0.05) is 24.9 Å². The van der Waals surface area contributed by atoms with Crippen LogP contribution in [0.15, 0.2) is 48.3 Å². The lowest BCUT2D eigenvalue weighted by atomic mass is 9.87. The second kappa shape index (κ2) is 12.7. The van der Waals surface area contributed by atoms with Crippen LogP contribution in [-0.4, -0.2) is 33.4 Å². The van der Waals surface area contributed by atoms with Crippen LogP contribution in [0.25, 0.3) is 0 Å². The molecular formula is C28H44N2O2. The summed E-state index contributed by atoms with van der Waals surface area (Å²) in [7, 11) is 0. The van der Waals surface area contributed by atoms with Gasteiger partial charge in [0.2, 0.25) is 0 Å². The molecule has 0 amide bonds. The van der Waals surface area contributed by atoms with Gasteiger partial charge in [-0.25, -0.2) is 0 Å². The lowest BCUT2D eigenvalue weighted by molar-refractivity contribution is 0.0513. The highest BCUT2D eigenvalue weighted by Gasteiger charge is 2.43. The van der Waals surface area contributed by atoms with Crippen molar-refractivity contribution >= 4 is 0 Å². The molecule has 1 heterocycles. The van der Waals surface area contributed by atoms with Crippen molar-refractivity contribution in [3.63, 3.8) is 0 Å². The number of fused-ring (bicyclic) bond motifs is 1. The predicted octanol–water partition coefficient (Wildman–Crippen LogP) is 5.56. The fourth-order valence-electron chi connectivity index (χ4n) is 5.44. The smallest absolute Gasteiger partial charge is 0.0654 e. The highest BCUT2D eigenvalue weighted by atomic mass is 16.3. The van der Waals surface area contributed by atoms with Gasteiger partial charge in [0.1, 0.15) is 0 Å². The fraction of sp³-hybridized carbons (Fsp3) is 0.679. The van der Waals surface area contributed by atoms with Gasteiger partial charge in [-0.3, -0.25) is 4.98 Å². The van der Waals surface area contributed by atoms with Gasteiger partial charge in [0.05, 0.1) is 11.7 Å². The largest absolute Gasteiger partial charge is 0.392 e. The Morgan fingerprint density at radius 1 is 1.19 bits per heavy atom. The number of hydrogen-bond acceptors (Lipinski definition) is 4. The number of rotatable bonds is 14. The SMILES string of the molecule is CCCC[C@@](C)(O)CC=C[C@@H]1[C@H]2CC(CCCCCNCc3ccncc3)=C[C@H]2C[C@H]1O. The average Bonchev–Trinajstić information content (AvgIpc) is 3.29. The Bertz CT molecular complexity index is 728. The molecule has 4 heteroatoms. The van der Waals surface area contributed by atoms with Crippen molar-refractivity contribution in [2.45, 2.75) is 96.3 Å². The van der Waals surface area contributed by atoms with E-state index >= 15 is 0 Å². The van der Waals surface area contributed by atoms with E-state index in [1.165, 1.54) is 31.2 Å². The van der Waals surface area contributed by atoms with Crippen LogP contribution in [0.3, 0.4) is 0 Å². The Kier molecular flexibility index (Phi) is 9.95. The minimum Gasteiger partial charge on any atom is -0.392 e. The van der Waals surface area contributed by atoms with E-state index in [1.807, 2.05) is 19.3 Å². The molecule has 5 atom stereocenters. The second-order valence-corrected chi connectivity index (χ2v) is 10.3. The Balaban J connectivity index is 1.32. The lowest BCUT2D eigenvalue weighted by Gasteiger charge is -2.22. The van der Waals surface area contributed by atoms with Crippen LogP contribution in [0, 0.1) is 17.8 Å². The van der Waals surface area contributed by atoms with Gasteiger partial charge < -0.3 is 15.5 Å². The molecule has 1 saturated carbocycles. The van der Waals surface area contributed by atoms with E-state index in [0.29, 0.717) is 18.3 Å². The first-order chi connectivity index (χ1) is 15.5. The van der Waals surface area contributed by atoms with Gasteiger partial charge in [-0.1, -0.05) is 50.0 Å². The molecule has 0 aliphatic heterocycles. The number of allylic oxidation sites excluding steroid dienone is 2. The maximum atomic E-state index is 10.6. The first kappa shape index (κ1) is 25.1. The van der Waals surface area contributed by atoms with Gasteiger partial charge in [-0.2, -0.15) is 0 Å². The molecule has 0 spiro atoms. The molecule has 3 N–H and O–H groups in total. The van der Waals surface area contributed by atoms with Crippen molar-refractivity contribution in [1.82, 2.24) is 10.3 Å². The molecular weight excluding hydrogens is 396 g/mol. The third-order valence-corrected chi connectivity index (χ3v) is 7.36. The Morgan fingerprint density at radius 2 is 2.00 bits per heavy atom. The number of nitrogens with one attached hydrogen (secondary N) is 1. The fourth-order valence-corrected chi connectivity index (χ4v) is 5.44. The average molecular weight is 441 g/mol. The lowest BCUT2D eigenvalue weighted by Crippen LogP contribution is -2.23. The number of aliphatic hydroxyl groups excluding tert-OH is 1. The Morgan fingerprint density at radius 3 is 2.78 bits per heavy atom. The monoisotopic (exact) mass is 440 g/mol. The van der Waals surface area contributed by atoms with E-state index in [4.69, 9.17) is 0 Å². The van der Waals surface area contributed by atoms with Crippen LogP contribution in [0.4, 0.5) is 0 Å². The summed E-state index contributed by atoms with van der Waals surface area (Å²) in [5.74, 6) is 1.34. The summed E-state index contributed by atoms with van der Waals surface area (Å²) in [6, 6.07) is 4.12. The molecule has 4 nitrogen and oxygen atoms in total. The van der Waals surface area contributed by atoms with Crippen molar-refractivity contribution < 1.29 is 10.2 Å². The van der Waals surface area contributed by atoms with Gasteiger partial charge in [0.15, 0.2) is 0 Å². The van der Waals surface area contributed by atoms with Crippen molar-refractivity contribution in [3.05, 3.63) is 53.9 Å². The summed E-state index contributed by atoms with van der Waals surface area (Å²) in [6.45, 7) is 6.08. The van der Waals surface area contributed by atoms with Crippen LogP contribution in [0.1, 0.15) is 83.6 Å². The first-order valence-corrected chi connectivity index (χ1v) is 12.8. The van der Waals surface area contributed by atoms with Gasteiger partial charge in [-0.15, -0.1) is 0 Å². The number of hydrogen-bond donors (Lipinski definition) is 3. The van der Waals surface area contributed by atoms with Crippen molar-refractivity contribution in [3.8, 4) is 0 Å². The van der Waals surface area contributed by atoms with Crippen molar-refractivity contribution in [2.24, 2.45) is 17.8 Å². The van der Waals surface area contributed by atoms with Gasteiger partial charge in [0.25, 0.3) is 0 Å². The third-order valence-electron chi connectivity index (χ3n) is 7.36. The highest BCUT2D eigenvalue weighted by molar-refractivity contribution is 5.20. The van der Waals surface area contributed by atoms with E-state index in [0.717, 1.165) is 45.2 Å². The predicted molar refractivity (Wildman–Crippen MR) is 132 cm³/mol. The van der Waals surface area contributed by atoms with Crippen molar-refractivity contribution in [1.29, 1.82) is 0 Å². The minimum absolute atomic E-state index is 0.230. The van der Waals surface area contributed by atoms with E-state index in [9.17, 15) is 10.2 Å². The molecule has 32 heavy (non-hydrogen) atoms. The summed E-state index contributed by atoms with van der Waals surface area (Å²) in [5, 5.41) is 24.6. The molecule has 1 aromatic heterocycles. The zero-order valence-corrected chi connectivity index (χ0v) is 20.2. The third kappa shape index (κ3) is 7.83. The number of unbranched alkanes of at least 4 members (excludes halogenated alkanes) is 3. The van der Waals surface area contributed by atoms with Crippen LogP contribution in [-0.2, 0) is 6.54 Å². The zero-order chi connectivity index (χ0) is 22.8. The van der Waals surface area contributed by atoms with E-state index in [-0.39, 0.29) is 12.0 Å². The second-order valence-electron chi connectivity index (χ2n) is 10.3. The molecule has 1 aromatic rings. The summed E-state index contributed by atoms with van der Waals surface area (Å²) in [6.07, 6.45) is 20.9. The van der Waals surface area contributed by atoms with Crippen LogP contribution in [0.2, 0.25) is 0 Å². The van der Waals surface area contributed by atoms with Crippen molar-refractivity contribution in [2.75, 3.05) is 6.54 Å². The Labute approximate surface area is 195 Å². The van der Waals surface area contributed by atoms with Crippen LogP contribution < -0.4 is 5.32 Å². The van der Waals surface area contributed by atoms with E-state index < -0.39 is 5.60 Å². The summed E-state index contributed by atoms with van der Waals surface area (Å²) >= 11 is 0. The summed E-state index contributed by atoms with van der Waals surface area (Å²) in [4.78, 5) is 4.05. The normalized spacial score (nSPS) is 26.9. The molecule has 2 aliphatic carbocycles. The number of nitrogens with zero attached hydrogens (tertiary/aromatic N) is 1. The number of pyridine rings is 1. The molecule has 0 radical (unpaired) electrons. The van der Waals surface area contributed by atoms with Crippen LogP contribution >= 0.6 is 0 Å². The summed E-state index contributed by atoms with van der Waals surface area (Å²) < 4.78 is 0. The molecule has 0 unspecified atom stereocenters. The zero-order valence-electron chi connectivity index (χ0n) is 20.2. The maximum Gasteiger partial charge on any atom is 0.0654 e. The van der Waals surface area contributed by atoms with Gasteiger partial charge in [-0.05, 0) is 87.9 Å². The quantitative estimate of drug-likeness (QED) is 0.262. The number of aliphatic hydroxyl groups is 2. The summed E-state index contributed by atoms with van der Waals surface area (Å²) in [5.41, 5.74) is 2.27. The van der Waals surface area contributed by atoms with Crippen LogP contribution in [0.5, 0.6) is 0 Å². The number of aromatic nitrogens is 1. The molecule has 178 valence electrons. The van der Waals surface area contributed by atoms with Gasteiger partial charge >= 0.3 is 0 Å². The first-order valence-electron chi connectivity index (χ1n) is 12.8. The molecule has 3 rings (SSSR count). The topological polar surface area (TPSA) is 65.4 Å². The molecule has 2 aliphatic rings. The maximum absolute atomic E-state index is 10.6. The highest BCUT2D eigenvalue weighted by Crippen LogP contribution is 2.48. The molecule has 1 fully saturated rings. The minimum atomic E-state index is -0.623. The Hall–Kier alpha value is -1.49.